The van der Waals surface area contributed by atoms with Crippen molar-refractivity contribution in [2.45, 2.75) is 4.90 Å². The standard InChI is InChI=1S/C11H8BrFN2O3S/c12-8-2-1-7(13)5-9(8)15-19(17,18)11-6-14-4-3-10(11)16/h1-6,15H,(H,14,16). The molecule has 1 aromatic carbocycles. The van der Waals surface area contributed by atoms with E-state index in [9.17, 15) is 17.6 Å². The van der Waals surface area contributed by atoms with Crippen LogP contribution in [0.5, 0.6) is 0 Å². The summed E-state index contributed by atoms with van der Waals surface area (Å²) in [4.78, 5) is 13.6. The van der Waals surface area contributed by atoms with E-state index < -0.39 is 26.2 Å². The Balaban J connectivity index is 2.45. The monoisotopic (exact) mass is 346 g/mol. The fraction of sp³-hybridized carbons (Fsp3) is 0. The first-order valence-electron chi connectivity index (χ1n) is 5.05. The Morgan fingerprint density at radius 3 is 2.68 bits per heavy atom. The average Bonchev–Trinajstić information content (AvgIpc) is 2.34. The number of hydrogen-bond acceptors (Lipinski definition) is 3. The second-order valence-corrected chi connectivity index (χ2v) is 6.11. The minimum Gasteiger partial charge on any atom is -0.366 e. The van der Waals surface area contributed by atoms with E-state index >= 15 is 0 Å². The highest BCUT2D eigenvalue weighted by Crippen LogP contribution is 2.25. The van der Waals surface area contributed by atoms with Crippen LogP contribution in [-0.4, -0.2) is 13.4 Å². The van der Waals surface area contributed by atoms with Gasteiger partial charge in [-0.1, -0.05) is 0 Å². The molecule has 0 fully saturated rings. The number of sulfonamides is 1. The number of H-pyrrole nitrogens is 1. The van der Waals surface area contributed by atoms with Crippen LogP contribution in [0.2, 0.25) is 0 Å². The Kier molecular flexibility index (Phi) is 3.72. The largest absolute Gasteiger partial charge is 0.366 e. The normalized spacial score (nSPS) is 11.3. The first kappa shape index (κ1) is 13.8. The molecule has 2 N–H and O–H groups in total. The summed E-state index contributed by atoms with van der Waals surface area (Å²) in [7, 11) is -4.07. The molecule has 5 nitrogen and oxygen atoms in total. The lowest BCUT2D eigenvalue weighted by Gasteiger charge is -2.09. The molecule has 8 heteroatoms. The summed E-state index contributed by atoms with van der Waals surface area (Å²) in [5.41, 5.74) is -0.637. The topological polar surface area (TPSA) is 79.0 Å². The third-order valence-corrected chi connectivity index (χ3v) is 4.33. The van der Waals surface area contributed by atoms with Gasteiger partial charge >= 0.3 is 0 Å². The lowest BCUT2D eigenvalue weighted by molar-refractivity contribution is 0.600. The Bertz CT molecular complexity index is 774. The molecule has 0 unspecified atom stereocenters. The zero-order valence-electron chi connectivity index (χ0n) is 9.35. The van der Waals surface area contributed by atoms with Gasteiger partial charge in [0.1, 0.15) is 5.82 Å². The van der Waals surface area contributed by atoms with Gasteiger partial charge in [0.15, 0.2) is 4.90 Å². The van der Waals surface area contributed by atoms with Crippen LogP contribution in [-0.2, 0) is 10.0 Å². The summed E-state index contributed by atoms with van der Waals surface area (Å²) >= 11 is 3.09. The molecule has 0 bridgehead atoms. The van der Waals surface area contributed by atoms with Crippen LogP contribution in [0.4, 0.5) is 10.1 Å². The van der Waals surface area contributed by atoms with Crippen LogP contribution in [0, 0.1) is 5.82 Å². The first-order chi connectivity index (χ1) is 8.90. The lowest BCUT2D eigenvalue weighted by Crippen LogP contribution is -2.21. The zero-order valence-corrected chi connectivity index (χ0v) is 11.8. The van der Waals surface area contributed by atoms with Crippen molar-refractivity contribution in [2.24, 2.45) is 0 Å². The van der Waals surface area contributed by atoms with Gasteiger partial charge in [0.25, 0.3) is 10.0 Å². The summed E-state index contributed by atoms with van der Waals surface area (Å²) in [6, 6.07) is 4.65. The first-order valence-corrected chi connectivity index (χ1v) is 7.33. The molecule has 1 aromatic heterocycles. The predicted molar refractivity (Wildman–Crippen MR) is 72.0 cm³/mol. The van der Waals surface area contributed by atoms with Gasteiger partial charge in [-0.2, -0.15) is 0 Å². The van der Waals surface area contributed by atoms with Gasteiger partial charge in [-0.3, -0.25) is 9.52 Å². The number of halogens is 2. The highest BCUT2D eigenvalue weighted by molar-refractivity contribution is 9.10. The smallest absolute Gasteiger partial charge is 0.267 e. The highest BCUT2D eigenvalue weighted by atomic mass is 79.9. The number of pyridine rings is 1. The van der Waals surface area contributed by atoms with E-state index in [1.165, 1.54) is 18.3 Å². The summed E-state index contributed by atoms with van der Waals surface area (Å²) in [6.45, 7) is 0. The van der Waals surface area contributed by atoms with Crippen molar-refractivity contribution in [3.63, 3.8) is 0 Å². The second-order valence-electron chi connectivity index (χ2n) is 3.60. The molecule has 0 saturated heterocycles. The molecule has 0 atom stereocenters. The molecule has 0 aliphatic rings. The molecular weight excluding hydrogens is 339 g/mol. The van der Waals surface area contributed by atoms with Crippen molar-refractivity contribution in [3.05, 3.63) is 57.2 Å². The SMILES string of the molecule is O=c1cc[nH]cc1S(=O)(=O)Nc1cc(F)ccc1Br. The Labute approximate surface area is 116 Å². The summed E-state index contributed by atoms with van der Waals surface area (Å²) in [6.07, 6.45) is 2.39. The number of aromatic amines is 1. The maximum absolute atomic E-state index is 13.1. The van der Waals surface area contributed by atoms with E-state index in [0.717, 1.165) is 18.3 Å². The van der Waals surface area contributed by atoms with E-state index in [0.29, 0.717) is 4.47 Å². The number of benzene rings is 1. The van der Waals surface area contributed by atoms with Crippen molar-refractivity contribution >= 4 is 31.6 Å². The summed E-state index contributed by atoms with van der Waals surface area (Å²) in [5.74, 6) is -0.595. The Morgan fingerprint density at radius 1 is 1.26 bits per heavy atom. The minimum absolute atomic E-state index is 0.0169. The van der Waals surface area contributed by atoms with Gasteiger partial charge in [0.2, 0.25) is 5.43 Å². The van der Waals surface area contributed by atoms with E-state index in [2.05, 4.69) is 25.6 Å². The van der Waals surface area contributed by atoms with Crippen LogP contribution in [0.3, 0.4) is 0 Å². The third-order valence-electron chi connectivity index (χ3n) is 2.25. The molecule has 0 aliphatic heterocycles. The van der Waals surface area contributed by atoms with Crippen molar-refractivity contribution in [1.29, 1.82) is 0 Å². The number of anilines is 1. The number of rotatable bonds is 3. The molecule has 19 heavy (non-hydrogen) atoms. The third kappa shape index (κ3) is 3.02. The van der Waals surface area contributed by atoms with E-state index in [1.54, 1.807) is 0 Å². The van der Waals surface area contributed by atoms with Crippen LogP contribution in [0.15, 0.2) is 50.8 Å². The number of nitrogens with one attached hydrogen (secondary N) is 2. The van der Waals surface area contributed by atoms with E-state index in [4.69, 9.17) is 0 Å². The van der Waals surface area contributed by atoms with Crippen molar-refractivity contribution in [1.82, 2.24) is 4.98 Å². The van der Waals surface area contributed by atoms with Crippen LogP contribution in [0.1, 0.15) is 0 Å². The maximum Gasteiger partial charge on any atom is 0.267 e. The zero-order chi connectivity index (χ0) is 14.0. The average molecular weight is 347 g/mol. The minimum atomic E-state index is -4.07. The molecule has 0 saturated carbocycles. The lowest BCUT2D eigenvalue weighted by atomic mass is 10.3. The van der Waals surface area contributed by atoms with Crippen molar-refractivity contribution < 1.29 is 12.8 Å². The van der Waals surface area contributed by atoms with Crippen molar-refractivity contribution in [3.8, 4) is 0 Å². The molecule has 0 amide bonds. The number of aromatic nitrogens is 1. The molecule has 0 radical (unpaired) electrons. The fourth-order valence-corrected chi connectivity index (χ4v) is 2.99. The van der Waals surface area contributed by atoms with Gasteiger partial charge in [0.05, 0.1) is 5.69 Å². The quantitative estimate of drug-likeness (QED) is 0.892. The summed E-state index contributed by atoms with van der Waals surface area (Å²) < 4.78 is 39.6. The Morgan fingerprint density at radius 2 is 2.00 bits per heavy atom. The van der Waals surface area contributed by atoms with Crippen LogP contribution >= 0.6 is 15.9 Å². The predicted octanol–water partition coefficient (Wildman–Crippen LogP) is 2.08. The molecule has 0 aliphatic carbocycles. The molecule has 2 aromatic rings. The highest BCUT2D eigenvalue weighted by Gasteiger charge is 2.19. The number of hydrogen-bond donors (Lipinski definition) is 2. The molecule has 2 rings (SSSR count). The van der Waals surface area contributed by atoms with Crippen LogP contribution < -0.4 is 10.2 Å². The van der Waals surface area contributed by atoms with Gasteiger partial charge in [-0.25, -0.2) is 12.8 Å². The fourth-order valence-electron chi connectivity index (χ4n) is 1.39. The Hall–Kier alpha value is -1.67. The van der Waals surface area contributed by atoms with Gasteiger partial charge < -0.3 is 4.98 Å². The molecule has 100 valence electrons. The van der Waals surface area contributed by atoms with Crippen molar-refractivity contribution in [2.75, 3.05) is 4.72 Å². The molecule has 0 spiro atoms. The summed E-state index contributed by atoms with van der Waals surface area (Å²) in [5, 5.41) is 0. The van der Waals surface area contributed by atoms with E-state index in [-0.39, 0.29) is 5.69 Å². The van der Waals surface area contributed by atoms with E-state index in [1.807, 2.05) is 0 Å². The second kappa shape index (κ2) is 5.14. The molecule has 1 heterocycles. The van der Waals surface area contributed by atoms with Gasteiger partial charge in [-0.05, 0) is 34.1 Å². The maximum atomic E-state index is 13.1. The van der Waals surface area contributed by atoms with Gasteiger partial charge in [-0.15, -0.1) is 0 Å². The molecular formula is C11H8BrFN2O3S. The van der Waals surface area contributed by atoms with Gasteiger partial charge in [0, 0.05) is 22.9 Å². The van der Waals surface area contributed by atoms with Crippen LogP contribution in [0.25, 0.3) is 0 Å².